The van der Waals surface area contributed by atoms with Gasteiger partial charge in [-0.1, -0.05) is 194 Å². The highest BCUT2D eigenvalue weighted by molar-refractivity contribution is 5.83. The van der Waals surface area contributed by atoms with Gasteiger partial charge < -0.3 is 9.80 Å². The van der Waals surface area contributed by atoms with Gasteiger partial charge in [0, 0.05) is 34.1 Å². The lowest BCUT2D eigenvalue weighted by atomic mass is 9.83. The maximum atomic E-state index is 2.39. The van der Waals surface area contributed by atoms with Crippen LogP contribution in [0.2, 0.25) is 0 Å². The molecule has 0 saturated heterocycles. The SMILES string of the molecule is c1ccc(-c2ccc(N(c3ccc(-c4ccccc4)cc3)c3ccc(-c4ccc(N(c5ccccc5)c5ccc(-c6ccc(-c7ccc(C8CC9CC[C@@H]8C9)cc7)cc6)cc5)cc4)cc3)cc2)cc1. The van der Waals surface area contributed by atoms with Crippen LogP contribution in [0.3, 0.4) is 0 Å². The predicted molar refractivity (Wildman–Crippen MR) is 291 cm³/mol. The Morgan fingerprint density at radius 3 is 0.783 bits per heavy atom. The minimum Gasteiger partial charge on any atom is -0.311 e. The van der Waals surface area contributed by atoms with Crippen molar-refractivity contribution in [2.75, 3.05) is 9.80 Å². The first-order valence-corrected chi connectivity index (χ1v) is 24.6. The van der Waals surface area contributed by atoms with Crippen LogP contribution in [0.1, 0.15) is 37.2 Å². The molecule has 0 N–H and O–H groups in total. The van der Waals surface area contributed by atoms with Crippen molar-refractivity contribution in [3.63, 3.8) is 0 Å². The Labute approximate surface area is 407 Å². The Balaban J connectivity index is 0.782. The number of hydrogen-bond acceptors (Lipinski definition) is 2. The van der Waals surface area contributed by atoms with E-state index in [2.05, 4.69) is 271 Å². The van der Waals surface area contributed by atoms with E-state index in [0.29, 0.717) is 0 Å². The van der Waals surface area contributed by atoms with Gasteiger partial charge in [-0.2, -0.15) is 0 Å². The molecule has 2 bridgehead atoms. The molecule has 2 saturated carbocycles. The fourth-order valence-corrected chi connectivity index (χ4v) is 11.2. The molecule has 0 aliphatic heterocycles. The number of benzene rings is 10. The highest BCUT2D eigenvalue weighted by Crippen LogP contribution is 2.53. The lowest BCUT2D eigenvalue weighted by Crippen LogP contribution is -2.10. The second-order valence-corrected chi connectivity index (χ2v) is 19.0. The lowest BCUT2D eigenvalue weighted by Gasteiger charge is -2.26. The van der Waals surface area contributed by atoms with Gasteiger partial charge >= 0.3 is 0 Å². The average molecular weight is 887 g/mol. The van der Waals surface area contributed by atoms with Crippen LogP contribution >= 0.6 is 0 Å². The molecule has 0 amide bonds. The summed E-state index contributed by atoms with van der Waals surface area (Å²) < 4.78 is 0. The van der Waals surface area contributed by atoms with Crippen molar-refractivity contribution in [3.05, 3.63) is 266 Å². The first kappa shape index (κ1) is 42.2. The van der Waals surface area contributed by atoms with Gasteiger partial charge in [0.2, 0.25) is 0 Å². The van der Waals surface area contributed by atoms with Crippen LogP contribution in [-0.2, 0) is 0 Å². The summed E-state index contributed by atoms with van der Waals surface area (Å²) in [6.07, 6.45) is 5.71. The number of fused-ring (bicyclic) bond motifs is 2. The van der Waals surface area contributed by atoms with Crippen molar-refractivity contribution in [1.29, 1.82) is 0 Å². The topological polar surface area (TPSA) is 6.48 Å². The van der Waals surface area contributed by atoms with Crippen LogP contribution in [-0.4, -0.2) is 0 Å². The van der Waals surface area contributed by atoms with Gasteiger partial charge in [0.1, 0.15) is 0 Å². The highest BCUT2D eigenvalue weighted by atomic mass is 15.1. The summed E-state index contributed by atoms with van der Waals surface area (Å²) in [5.41, 5.74) is 20.3. The van der Waals surface area contributed by atoms with E-state index in [1.807, 2.05) is 0 Å². The fourth-order valence-electron chi connectivity index (χ4n) is 11.2. The van der Waals surface area contributed by atoms with Crippen LogP contribution in [0.25, 0.3) is 55.6 Å². The second kappa shape index (κ2) is 18.8. The van der Waals surface area contributed by atoms with E-state index >= 15 is 0 Å². The van der Waals surface area contributed by atoms with Gasteiger partial charge in [-0.3, -0.25) is 0 Å². The molecule has 69 heavy (non-hydrogen) atoms. The van der Waals surface area contributed by atoms with Crippen LogP contribution in [0, 0.1) is 11.8 Å². The Morgan fingerprint density at radius 1 is 0.232 bits per heavy atom. The summed E-state index contributed by atoms with van der Waals surface area (Å²) in [5.74, 6) is 2.65. The van der Waals surface area contributed by atoms with E-state index in [1.165, 1.54) is 81.3 Å². The van der Waals surface area contributed by atoms with Gasteiger partial charge in [-0.15, -0.1) is 0 Å². The minimum absolute atomic E-state index is 0.772. The third-order valence-electron chi connectivity index (χ3n) is 14.8. The molecule has 332 valence electrons. The van der Waals surface area contributed by atoms with Crippen LogP contribution in [0.5, 0.6) is 0 Å². The Kier molecular flexibility index (Phi) is 11.5. The first-order valence-electron chi connectivity index (χ1n) is 24.6. The van der Waals surface area contributed by atoms with Crippen molar-refractivity contribution in [2.24, 2.45) is 11.8 Å². The van der Waals surface area contributed by atoms with E-state index < -0.39 is 0 Å². The Morgan fingerprint density at radius 2 is 0.493 bits per heavy atom. The van der Waals surface area contributed by atoms with Gasteiger partial charge in [0.05, 0.1) is 0 Å². The zero-order valence-corrected chi connectivity index (χ0v) is 38.8. The molecule has 0 spiro atoms. The van der Waals surface area contributed by atoms with Gasteiger partial charge in [0.15, 0.2) is 0 Å². The summed E-state index contributed by atoms with van der Waals surface area (Å²) in [7, 11) is 0. The third kappa shape index (κ3) is 8.79. The normalized spacial score (nSPS) is 16.0. The molecule has 2 unspecified atom stereocenters. The molecule has 0 aromatic heterocycles. The number of para-hydroxylation sites is 1. The van der Waals surface area contributed by atoms with Gasteiger partial charge in [-0.05, 0) is 171 Å². The zero-order valence-electron chi connectivity index (χ0n) is 38.8. The van der Waals surface area contributed by atoms with Gasteiger partial charge in [-0.25, -0.2) is 0 Å². The van der Waals surface area contributed by atoms with Crippen LogP contribution in [0.4, 0.5) is 34.1 Å². The van der Waals surface area contributed by atoms with Crippen molar-refractivity contribution in [1.82, 2.24) is 0 Å². The lowest BCUT2D eigenvalue weighted by molar-refractivity contribution is 0.420. The summed E-state index contributed by atoms with van der Waals surface area (Å²) in [5, 5.41) is 0. The quantitative estimate of drug-likeness (QED) is 0.121. The molecule has 2 nitrogen and oxygen atoms in total. The van der Waals surface area contributed by atoms with Crippen LogP contribution in [0.15, 0.2) is 261 Å². The van der Waals surface area contributed by atoms with Crippen molar-refractivity contribution in [2.45, 2.75) is 31.6 Å². The van der Waals surface area contributed by atoms with Crippen LogP contribution < -0.4 is 9.80 Å². The molecule has 12 rings (SSSR count). The Hall–Kier alpha value is -8.20. The molecule has 2 heteroatoms. The molecule has 2 fully saturated rings. The monoisotopic (exact) mass is 886 g/mol. The molecule has 0 heterocycles. The van der Waals surface area contributed by atoms with Gasteiger partial charge in [0.25, 0.3) is 0 Å². The summed E-state index contributed by atoms with van der Waals surface area (Å²) in [4.78, 5) is 4.68. The number of rotatable bonds is 12. The summed E-state index contributed by atoms with van der Waals surface area (Å²) >= 11 is 0. The van der Waals surface area contributed by atoms with E-state index in [9.17, 15) is 0 Å². The number of anilines is 6. The van der Waals surface area contributed by atoms with Crippen molar-refractivity contribution < 1.29 is 0 Å². The third-order valence-corrected chi connectivity index (χ3v) is 14.8. The molecule has 0 radical (unpaired) electrons. The first-order chi connectivity index (χ1) is 34.2. The van der Waals surface area contributed by atoms with Crippen molar-refractivity contribution >= 4 is 34.1 Å². The largest absolute Gasteiger partial charge is 0.311 e. The highest BCUT2D eigenvalue weighted by Gasteiger charge is 2.40. The smallest absolute Gasteiger partial charge is 0.0462 e. The summed E-state index contributed by atoms with van der Waals surface area (Å²) in [6.45, 7) is 0. The standard InChI is InChI=1S/C67H54N2/c1-4-10-49(11-5-1)54-26-36-64(37-27-54)69(65-38-28-55(29-39-65)50-12-6-2-7-13-50)66-44-34-58(35-45-66)57-32-42-63(43-33-57)68(61-14-8-3-9-15-61)62-40-30-56(31-41-62)52-20-18-51(19-21-52)53-22-24-59(25-23-53)67-47-48-16-17-60(67)46-48/h1-15,18-45,48,60,67H,16-17,46-47H2/t48?,60-,67?/m1/s1. The molecule has 3 atom stereocenters. The Bertz CT molecular complexity index is 3170. The van der Waals surface area contributed by atoms with E-state index in [4.69, 9.17) is 0 Å². The molecular formula is C67H54N2. The second-order valence-electron chi connectivity index (χ2n) is 19.0. The van der Waals surface area contributed by atoms with E-state index in [0.717, 1.165) is 51.9 Å². The van der Waals surface area contributed by atoms with E-state index in [1.54, 1.807) is 5.56 Å². The molecule has 10 aromatic carbocycles. The predicted octanol–water partition coefficient (Wildman–Crippen LogP) is 18.9. The van der Waals surface area contributed by atoms with E-state index in [-0.39, 0.29) is 0 Å². The number of hydrogen-bond donors (Lipinski definition) is 0. The minimum atomic E-state index is 0.772. The van der Waals surface area contributed by atoms with Crippen molar-refractivity contribution in [3.8, 4) is 55.6 Å². The molecule has 2 aliphatic rings. The maximum Gasteiger partial charge on any atom is 0.0462 e. The molecule has 10 aromatic rings. The molecule has 2 aliphatic carbocycles. The number of nitrogens with zero attached hydrogens (tertiary/aromatic N) is 2. The maximum absolute atomic E-state index is 2.39. The fraction of sp³-hybridized carbons (Fsp3) is 0.104. The molecular weight excluding hydrogens is 833 g/mol. The zero-order chi connectivity index (χ0) is 45.9. The summed E-state index contributed by atoms with van der Waals surface area (Å²) in [6, 6.07) is 95.0. The average Bonchev–Trinajstić information content (AvgIpc) is 4.08.